The van der Waals surface area contributed by atoms with Crippen LogP contribution in [0.3, 0.4) is 0 Å². The monoisotopic (exact) mass is 142 g/mol. The summed E-state index contributed by atoms with van der Waals surface area (Å²) in [5.74, 6) is 0.560. The Labute approximate surface area is 64.1 Å². The Morgan fingerprint density at radius 1 is 1.60 bits per heavy atom. The highest BCUT2D eigenvalue weighted by Crippen LogP contribution is 2.08. The zero-order valence-electron chi connectivity index (χ0n) is 7.10. The first-order chi connectivity index (χ1) is 4.85. The standard InChI is InChI=1S/C9H18O/c1-4-6-7-9(5-2)8-10-3/h5,9H,2,4,6-8H2,1,3H3. The van der Waals surface area contributed by atoms with Crippen LogP contribution in [-0.4, -0.2) is 13.7 Å². The zero-order chi connectivity index (χ0) is 7.82. The van der Waals surface area contributed by atoms with Crippen molar-refractivity contribution >= 4 is 0 Å². The van der Waals surface area contributed by atoms with Crippen LogP contribution in [-0.2, 0) is 4.74 Å². The first kappa shape index (κ1) is 9.70. The van der Waals surface area contributed by atoms with Crippen molar-refractivity contribution in [3.8, 4) is 0 Å². The molecule has 0 spiro atoms. The van der Waals surface area contributed by atoms with E-state index in [1.165, 1.54) is 19.3 Å². The summed E-state index contributed by atoms with van der Waals surface area (Å²) in [7, 11) is 1.74. The molecular formula is C9H18O. The molecule has 0 radical (unpaired) electrons. The van der Waals surface area contributed by atoms with Gasteiger partial charge in [0.1, 0.15) is 0 Å². The molecule has 0 aliphatic rings. The molecule has 0 saturated heterocycles. The topological polar surface area (TPSA) is 9.23 Å². The maximum atomic E-state index is 5.02. The summed E-state index contributed by atoms with van der Waals surface area (Å²) in [5, 5.41) is 0. The molecular weight excluding hydrogens is 124 g/mol. The van der Waals surface area contributed by atoms with Gasteiger partial charge in [-0.05, 0) is 12.3 Å². The first-order valence-electron chi connectivity index (χ1n) is 3.96. The van der Waals surface area contributed by atoms with E-state index in [1.807, 2.05) is 6.08 Å². The van der Waals surface area contributed by atoms with E-state index >= 15 is 0 Å². The Morgan fingerprint density at radius 3 is 2.70 bits per heavy atom. The van der Waals surface area contributed by atoms with Gasteiger partial charge < -0.3 is 4.74 Å². The highest BCUT2D eigenvalue weighted by molar-refractivity contribution is 4.78. The van der Waals surface area contributed by atoms with E-state index in [0.29, 0.717) is 5.92 Å². The quantitative estimate of drug-likeness (QED) is 0.518. The normalized spacial score (nSPS) is 13.0. The third-order valence-electron chi connectivity index (χ3n) is 1.64. The Bertz CT molecular complexity index is 78.8. The lowest BCUT2D eigenvalue weighted by Gasteiger charge is -2.08. The van der Waals surface area contributed by atoms with Gasteiger partial charge in [-0.3, -0.25) is 0 Å². The fourth-order valence-electron chi connectivity index (χ4n) is 0.950. The molecule has 60 valence electrons. The second-order valence-corrected chi connectivity index (χ2v) is 2.59. The van der Waals surface area contributed by atoms with E-state index in [-0.39, 0.29) is 0 Å². The molecule has 0 aromatic heterocycles. The van der Waals surface area contributed by atoms with Crippen molar-refractivity contribution in [2.75, 3.05) is 13.7 Å². The number of methoxy groups -OCH3 is 1. The molecule has 1 heteroatoms. The van der Waals surface area contributed by atoms with Crippen LogP contribution < -0.4 is 0 Å². The average molecular weight is 142 g/mol. The summed E-state index contributed by atoms with van der Waals surface area (Å²) in [6.45, 7) is 6.78. The number of hydrogen-bond donors (Lipinski definition) is 0. The van der Waals surface area contributed by atoms with E-state index in [9.17, 15) is 0 Å². The molecule has 0 saturated carbocycles. The van der Waals surface area contributed by atoms with Crippen molar-refractivity contribution in [2.24, 2.45) is 5.92 Å². The van der Waals surface area contributed by atoms with Crippen LogP contribution in [0, 0.1) is 5.92 Å². The number of unbranched alkanes of at least 4 members (excludes halogenated alkanes) is 1. The van der Waals surface area contributed by atoms with Crippen LogP contribution in [0.4, 0.5) is 0 Å². The van der Waals surface area contributed by atoms with Gasteiger partial charge in [0.25, 0.3) is 0 Å². The summed E-state index contributed by atoms with van der Waals surface area (Å²) in [4.78, 5) is 0. The predicted octanol–water partition coefficient (Wildman–Crippen LogP) is 2.63. The van der Waals surface area contributed by atoms with E-state index < -0.39 is 0 Å². The van der Waals surface area contributed by atoms with Crippen LogP contribution in [0.1, 0.15) is 26.2 Å². The molecule has 1 nitrogen and oxygen atoms in total. The molecule has 0 amide bonds. The SMILES string of the molecule is C=CC(CCCC)COC. The fraction of sp³-hybridized carbons (Fsp3) is 0.778. The van der Waals surface area contributed by atoms with Gasteiger partial charge in [-0.15, -0.1) is 6.58 Å². The van der Waals surface area contributed by atoms with Crippen LogP contribution in [0.5, 0.6) is 0 Å². The maximum Gasteiger partial charge on any atom is 0.0524 e. The van der Waals surface area contributed by atoms with Gasteiger partial charge in [-0.1, -0.05) is 25.8 Å². The highest BCUT2D eigenvalue weighted by Gasteiger charge is 2.00. The van der Waals surface area contributed by atoms with Crippen molar-refractivity contribution in [3.05, 3.63) is 12.7 Å². The second kappa shape index (κ2) is 6.81. The van der Waals surface area contributed by atoms with Crippen molar-refractivity contribution in [2.45, 2.75) is 26.2 Å². The number of rotatable bonds is 6. The summed E-state index contributed by atoms with van der Waals surface area (Å²) in [6.07, 6.45) is 5.74. The van der Waals surface area contributed by atoms with Crippen LogP contribution >= 0.6 is 0 Å². The van der Waals surface area contributed by atoms with Crippen molar-refractivity contribution in [1.82, 2.24) is 0 Å². The molecule has 1 unspecified atom stereocenters. The lowest BCUT2D eigenvalue weighted by atomic mass is 10.0. The third kappa shape index (κ3) is 4.57. The number of hydrogen-bond acceptors (Lipinski definition) is 1. The van der Waals surface area contributed by atoms with E-state index in [1.54, 1.807) is 7.11 Å². The van der Waals surface area contributed by atoms with Gasteiger partial charge in [0, 0.05) is 7.11 Å². The molecule has 0 aromatic carbocycles. The maximum absolute atomic E-state index is 5.02. The molecule has 1 atom stereocenters. The Hall–Kier alpha value is -0.300. The molecule has 0 aliphatic carbocycles. The Morgan fingerprint density at radius 2 is 2.30 bits per heavy atom. The zero-order valence-corrected chi connectivity index (χ0v) is 7.10. The van der Waals surface area contributed by atoms with Crippen molar-refractivity contribution in [1.29, 1.82) is 0 Å². The van der Waals surface area contributed by atoms with E-state index in [2.05, 4.69) is 13.5 Å². The summed E-state index contributed by atoms with van der Waals surface area (Å²) >= 11 is 0. The molecule has 10 heavy (non-hydrogen) atoms. The van der Waals surface area contributed by atoms with Crippen LogP contribution in [0.25, 0.3) is 0 Å². The average Bonchev–Trinajstić information content (AvgIpc) is 1.98. The third-order valence-corrected chi connectivity index (χ3v) is 1.64. The smallest absolute Gasteiger partial charge is 0.0524 e. The minimum Gasteiger partial charge on any atom is -0.384 e. The largest absolute Gasteiger partial charge is 0.384 e. The predicted molar refractivity (Wildman–Crippen MR) is 45.1 cm³/mol. The highest BCUT2D eigenvalue weighted by atomic mass is 16.5. The Balaban J connectivity index is 3.29. The van der Waals surface area contributed by atoms with Gasteiger partial charge in [0.2, 0.25) is 0 Å². The minimum atomic E-state index is 0.560. The second-order valence-electron chi connectivity index (χ2n) is 2.59. The molecule has 0 N–H and O–H groups in total. The van der Waals surface area contributed by atoms with E-state index in [0.717, 1.165) is 6.61 Å². The fourth-order valence-corrected chi connectivity index (χ4v) is 0.950. The van der Waals surface area contributed by atoms with Crippen molar-refractivity contribution in [3.63, 3.8) is 0 Å². The Kier molecular flexibility index (Phi) is 6.61. The van der Waals surface area contributed by atoms with Crippen LogP contribution in [0.15, 0.2) is 12.7 Å². The van der Waals surface area contributed by atoms with Crippen molar-refractivity contribution < 1.29 is 4.74 Å². The summed E-state index contributed by atoms with van der Waals surface area (Å²) in [6, 6.07) is 0. The lowest BCUT2D eigenvalue weighted by molar-refractivity contribution is 0.165. The van der Waals surface area contributed by atoms with Gasteiger partial charge >= 0.3 is 0 Å². The van der Waals surface area contributed by atoms with Gasteiger partial charge in [0.05, 0.1) is 6.61 Å². The molecule has 0 fully saturated rings. The molecule has 0 aromatic rings. The van der Waals surface area contributed by atoms with Crippen LogP contribution in [0.2, 0.25) is 0 Å². The number of ether oxygens (including phenoxy) is 1. The van der Waals surface area contributed by atoms with Gasteiger partial charge in [0.15, 0.2) is 0 Å². The molecule has 0 bridgehead atoms. The molecule has 0 aliphatic heterocycles. The summed E-state index contributed by atoms with van der Waals surface area (Å²) in [5.41, 5.74) is 0. The minimum absolute atomic E-state index is 0.560. The van der Waals surface area contributed by atoms with E-state index in [4.69, 9.17) is 4.74 Å². The molecule has 0 rings (SSSR count). The lowest BCUT2D eigenvalue weighted by Crippen LogP contribution is -2.04. The van der Waals surface area contributed by atoms with Gasteiger partial charge in [-0.2, -0.15) is 0 Å². The molecule has 0 heterocycles. The first-order valence-corrected chi connectivity index (χ1v) is 3.96. The van der Waals surface area contributed by atoms with Gasteiger partial charge in [-0.25, -0.2) is 0 Å². The summed E-state index contributed by atoms with van der Waals surface area (Å²) < 4.78 is 5.02.